The summed E-state index contributed by atoms with van der Waals surface area (Å²) in [5.74, 6) is 2.35. The van der Waals surface area contributed by atoms with E-state index in [1.807, 2.05) is 19.1 Å². The first-order chi connectivity index (χ1) is 11.5. The molecule has 130 valence electrons. The molecule has 2 bridgehead atoms. The Morgan fingerprint density at radius 3 is 2.29 bits per heavy atom. The lowest BCUT2D eigenvalue weighted by atomic mass is 9.93. The Labute approximate surface area is 145 Å². The van der Waals surface area contributed by atoms with Crippen molar-refractivity contribution in [2.45, 2.75) is 24.7 Å². The maximum atomic E-state index is 12.8. The van der Waals surface area contributed by atoms with Crippen molar-refractivity contribution >= 4 is 10.0 Å². The number of hydrogen-bond acceptors (Lipinski definition) is 3. The SMILES string of the molecule is Cc1ccc(S(=O)(=O)N2CCN(C[C@H]3C[C@@H]4C=C[C@@H]3C4)CC2)cc1. The van der Waals surface area contributed by atoms with Crippen molar-refractivity contribution in [2.75, 3.05) is 32.7 Å². The molecular formula is C19H26N2O2S. The van der Waals surface area contributed by atoms with Crippen LogP contribution in [0.25, 0.3) is 0 Å². The highest BCUT2D eigenvalue weighted by molar-refractivity contribution is 7.89. The number of fused-ring (bicyclic) bond motifs is 2. The molecule has 1 aromatic rings. The molecular weight excluding hydrogens is 320 g/mol. The third kappa shape index (κ3) is 3.05. The maximum Gasteiger partial charge on any atom is 0.243 e. The first-order valence-corrected chi connectivity index (χ1v) is 10.4. The summed E-state index contributed by atoms with van der Waals surface area (Å²) in [6.45, 7) is 6.01. The van der Waals surface area contributed by atoms with Crippen LogP contribution in [0.5, 0.6) is 0 Å². The highest BCUT2D eigenvalue weighted by Gasteiger charge is 2.37. The molecule has 1 saturated carbocycles. The normalized spacial score (nSPS) is 31.0. The largest absolute Gasteiger partial charge is 0.300 e. The number of rotatable bonds is 4. The zero-order valence-corrected chi connectivity index (χ0v) is 15.1. The Bertz CT molecular complexity index is 718. The van der Waals surface area contributed by atoms with Crippen molar-refractivity contribution in [3.05, 3.63) is 42.0 Å². The van der Waals surface area contributed by atoms with Gasteiger partial charge in [0.05, 0.1) is 4.90 Å². The molecule has 5 heteroatoms. The molecule has 0 unspecified atom stereocenters. The molecule has 1 heterocycles. The lowest BCUT2D eigenvalue weighted by molar-refractivity contribution is 0.156. The zero-order valence-electron chi connectivity index (χ0n) is 14.3. The fourth-order valence-electron chi connectivity index (χ4n) is 4.45. The van der Waals surface area contributed by atoms with Gasteiger partial charge in [0.2, 0.25) is 10.0 Å². The van der Waals surface area contributed by atoms with Gasteiger partial charge in [-0.3, -0.25) is 0 Å². The van der Waals surface area contributed by atoms with E-state index < -0.39 is 10.0 Å². The lowest BCUT2D eigenvalue weighted by Crippen LogP contribution is -2.49. The first-order valence-electron chi connectivity index (χ1n) is 9.00. The highest BCUT2D eigenvalue weighted by Crippen LogP contribution is 2.43. The molecule has 0 spiro atoms. The predicted octanol–water partition coefficient (Wildman–Crippen LogP) is 2.51. The average molecular weight is 346 g/mol. The maximum absolute atomic E-state index is 12.8. The summed E-state index contributed by atoms with van der Waals surface area (Å²) in [5, 5.41) is 0. The van der Waals surface area contributed by atoms with Crippen LogP contribution in [0.15, 0.2) is 41.3 Å². The molecule has 1 aromatic carbocycles. The smallest absolute Gasteiger partial charge is 0.243 e. The van der Waals surface area contributed by atoms with Crippen LogP contribution in [0.3, 0.4) is 0 Å². The van der Waals surface area contributed by atoms with Crippen LogP contribution < -0.4 is 0 Å². The topological polar surface area (TPSA) is 40.6 Å². The van der Waals surface area contributed by atoms with E-state index in [0.717, 1.165) is 43.0 Å². The second kappa shape index (κ2) is 6.28. The summed E-state index contributed by atoms with van der Waals surface area (Å²) in [6, 6.07) is 7.18. The number of allylic oxidation sites excluding steroid dienone is 2. The van der Waals surface area contributed by atoms with Crippen LogP contribution in [-0.2, 0) is 10.0 Å². The molecule has 3 aliphatic rings. The number of aryl methyl sites for hydroxylation is 1. The van der Waals surface area contributed by atoms with Gasteiger partial charge in [-0.05, 0) is 49.7 Å². The quantitative estimate of drug-likeness (QED) is 0.787. The van der Waals surface area contributed by atoms with Gasteiger partial charge in [-0.1, -0.05) is 29.8 Å². The van der Waals surface area contributed by atoms with Crippen LogP contribution in [0.2, 0.25) is 0 Å². The lowest BCUT2D eigenvalue weighted by Gasteiger charge is -2.36. The molecule has 4 nitrogen and oxygen atoms in total. The van der Waals surface area contributed by atoms with Gasteiger partial charge in [0.15, 0.2) is 0 Å². The van der Waals surface area contributed by atoms with E-state index in [1.165, 1.54) is 12.8 Å². The molecule has 4 rings (SSSR count). The van der Waals surface area contributed by atoms with E-state index >= 15 is 0 Å². The second-order valence-electron chi connectivity index (χ2n) is 7.56. The van der Waals surface area contributed by atoms with E-state index in [9.17, 15) is 8.42 Å². The fourth-order valence-corrected chi connectivity index (χ4v) is 5.87. The fraction of sp³-hybridized carbons (Fsp3) is 0.579. The Balaban J connectivity index is 1.35. The highest BCUT2D eigenvalue weighted by atomic mass is 32.2. The van der Waals surface area contributed by atoms with Crippen molar-refractivity contribution in [1.29, 1.82) is 0 Å². The Morgan fingerprint density at radius 2 is 1.71 bits per heavy atom. The number of sulfonamides is 1. The first kappa shape index (κ1) is 16.3. The van der Waals surface area contributed by atoms with E-state index in [2.05, 4.69) is 17.1 Å². The van der Waals surface area contributed by atoms with E-state index in [0.29, 0.717) is 18.0 Å². The number of piperazine rings is 1. The van der Waals surface area contributed by atoms with Gasteiger partial charge in [-0.25, -0.2) is 8.42 Å². The van der Waals surface area contributed by atoms with Gasteiger partial charge in [-0.15, -0.1) is 0 Å². The Kier molecular flexibility index (Phi) is 4.27. The molecule has 1 aliphatic heterocycles. The Hall–Kier alpha value is -1.17. The van der Waals surface area contributed by atoms with Crippen LogP contribution in [-0.4, -0.2) is 50.3 Å². The molecule has 2 aliphatic carbocycles. The average Bonchev–Trinajstić information content (AvgIpc) is 3.19. The number of nitrogens with zero attached hydrogens (tertiary/aromatic N) is 2. The number of benzene rings is 1. The number of hydrogen-bond donors (Lipinski definition) is 0. The summed E-state index contributed by atoms with van der Waals surface area (Å²) >= 11 is 0. The van der Waals surface area contributed by atoms with Gasteiger partial charge in [0, 0.05) is 32.7 Å². The summed E-state index contributed by atoms with van der Waals surface area (Å²) < 4.78 is 27.2. The van der Waals surface area contributed by atoms with Crippen molar-refractivity contribution in [2.24, 2.45) is 17.8 Å². The summed E-state index contributed by atoms with van der Waals surface area (Å²) in [7, 11) is -3.34. The third-order valence-corrected chi connectivity index (χ3v) is 7.81. The third-order valence-electron chi connectivity index (χ3n) is 5.90. The molecule has 0 N–H and O–H groups in total. The van der Waals surface area contributed by atoms with Gasteiger partial charge in [0.25, 0.3) is 0 Å². The molecule has 1 saturated heterocycles. The van der Waals surface area contributed by atoms with Crippen LogP contribution >= 0.6 is 0 Å². The summed E-state index contributed by atoms with van der Waals surface area (Å²) in [6.07, 6.45) is 7.44. The minimum atomic E-state index is -3.34. The van der Waals surface area contributed by atoms with Crippen molar-refractivity contribution in [3.8, 4) is 0 Å². The molecule has 0 amide bonds. The van der Waals surface area contributed by atoms with Crippen LogP contribution in [0.4, 0.5) is 0 Å². The van der Waals surface area contributed by atoms with E-state index in [4.69, 9.17) is 0 Å². The van der Waals surface area contributed by atoms with Crippen LogP contribution in [0, 0.1) is 24.7 Å². The minimum Gasteiger partial charge on any atom is -0.300 e. The molecule has 3 atom stereocenters. The molecule has 0 radical (unpaired) electrons. The second-order valence-corrected chi connectivity index (χ2v) is 9.50. The van der Waals surface area contributed by atoms with Crippen LogP contribution in [0.1, 0.15) is 18.4 Å². The van der Waals surface area contributed by atoms with Gasteiger partial charge < -0.3 is 4.90 Å². The van der Waals surface area contributed by atoms with Gasteiger partial charge in [-0.2, -0.15) is 4.31 Å². The van der Waals surface area contributed by atoms with Crippen molar-refractivity contribution in [3.63, 3.8) is 0 Å². The van der Waals surface area contributed by atoms with Gasteiger partial charge >= 0.3 is 0 Å². The van der Waals surface area contributed by atoms with Gasteiger partial charge in [0.1, 0.15) is 0 Å². The van der Waals surface area contributed by atoms with E-state index in [1.54, 1.807) is 16.4 Å². The minimum absolute atomic E-state index is 0.416. The van der Waals surface area contributed by atoms with E-state index in [-0.39, 0.29) is 0 Å². The molecule has 2 fully saturated rings. The summed E-state index contributed by atoms with van der Waals surface area (Å²) in [4.78, 5) is 2.88. The monoisotopic (exact) mass is 346 g/mol. The Morgan fingerprint density at radius 1 is 1.00 bits per heavy atom. The predicted molar refractivity (Wildman–Crippen MR) is 95.2 cm³/mol. The zero-order chi connectivity index (χ0) is 16.7. The molecule has 0 aromatic heterocycles. The van der Waals surface area contributed by atoms with Crippen molar-refractivity contribution in [1.82, 2.24) is 9.21 Å². The van der Waals surface area contributed by atoms with Crippen molar-refractivity contribution < 1.29 is 8.42 Å². The molecule has 24 heavy (non-hydrogen) atoms. The standard InChI is InChI=1S/C19H26N2O2S/c1-15-2-6-19(7-3-15)24(22,23)21-10-8-20(9-11-21)14-18-13-16-4-5-17(18)12-16/h2-7,16-18H,8-14H2,1H3/t16-,17-,18-/m1/s1. The summed E-state index contributed by atoms with van der Waals surface area (Å²) in [5.41, 5.74) is 1.08.